The number of hydrogen-bond acceptors (Lipinski definition) is 3. The minimum atomic E-state index is -0.250. The van der Waals surface area contributed by atoms with Gasteiger partial charge in [-0.2, -0.15) is 5.10 Å². The number of pyridine rings is 1. The average Bonchev–Trinajstić information content (AvgIpc) is 2.92. The third-order valence-electron chi connectivity index (χ3n) is 3.31. The van der Waals surface area contributed by atoms with Gasteiger partial charge < -0.3 is 5.32 Å². The number of benzene rings is 1. The van der Waals surface area contributed by atoms with E-state index in [1.54, 1.807) is 30.6 Å². The zero-order valence-electron chi connectivity index (χ0n) is 12.2. The number of nitrogens with zero attached hydrogens (tertiary/aromatic N) is 3. The molecule has 2 aromatic heterocycles. The van der Waals surface area contributed by atoms with E-state index >= 15 is 0 Å². The Bertz CT molecular complexity index is 841. The fourth-order valence-corrected chi connectivity index (χ4v) is 2.38. The first-order valence-electron chi connectivity index (χ1n) is 6.95. The van der Waals surface area contributed by atoms with Crippen molar-refractivity contribution in [2.24, 2.45) is 0 Å². The molecule has 0 saturated heterocycles. The molecule has 0 fully saturated rings. The number of para-hydroxylation sites is 1. The first-order valence-corrected chi connectivity index (χ1v) is 7.33. The highest BCUT2D eigenvalue weighted by Crippen LogP contribution is 2.22. The van der Waals surface area contributed by atoms with E-state index in [1.165, 1.54) is 0 Å². The lowest BCUT2D eigenvalue weighted by Gasteiger charge is -2.08. The largest absolute Gasteiger partial charge is 0.321 e. The maximum absolute atomic E-state index is 12.3. The van der Waals surface area contributed by atoms with Crippen LogP contribution in [0.1, 0.15) is 30.2 Å². The molecule has 3 aromatic rings. The van der Waals surface area contributed by atoms with Crippen molar-refractivity contribution in [3.8, 4) is 0 Å². The Morgan fingerprint density at radius 2 is 2.05 bits per heavy atom. The molecule has 0 saturated carbocycles. The molecule has 0 spiro atoms. The fraction of sp³-hybridized carbons (Fsp3) is 0.188. The summed E-state index contributed by atoms with van der Waals surface area (Å²) in [7, 11) is 0. The maximum Gasteiger partial charge on any atom is 0.257 e. The highest BCUT2D eigenvalue weighted by molar-refractivity contribution is 6.33. The molecule has 0 unspecified atom stereocenters. The van der Waals surface area contributed by atoms with Crippen LogP contribution in [-0.2, 0) is 0 Å². The number of fused-ring (bicyclic) bond motifs is 1. The van der Waals surface area contributed by atoms with E-state index in [2.05, 4.69) is 15.4 Å². The Labute approximate surface area is 132 Å². The van der Waals surface area contributed by atoms with E-state index in [0.717, 1.165) is 11.0 Å². The van der Waals surface area contributed by atoms with Crippen LogP contribution in [0.4, 0.5) is 5.69 Å². The molecule has 0 aliphatic rings. The number of amides is 1. The van der Waals surface area contributed by atoms with Crippen molar-refractivity contribution in [3.63, 3.8) is 0 Å². The van der Waals surface area contributed by atoms with E-state index in [1.807, 2.05) is 30.7 Å². The summed E-state index contributed by atoms with van der Waals surface area (Å²) in [6, 6.07) is 9.10. The van der Waals surface area contributed by atoms with Gasteiger partial charge >= 0.3 is 0 Å². The lowest BCUT2D eigenvalue weighted by molar-refractivity contribution is 0.102. The topological polar surface area (TPSA) is 59.8 Å². The minimum absolute atomic E-state index is 0.216. The van der Waals surface area contributed by atoms with Gasteiger partial charge in [-0.25, -0.2) is 9.67 Å². The molecule has 0 aliphatic carbocycles. The number of rotatable bonds is 3. The van der Waals surface area contributed by atoms with Crippen LogP contribution in [-0.4, -0.2) is 20.7 Å². The van der Waals surface area contributed by atoms with E-state index in [4.69, 9.17) is 11.6 Å². The number of anilines is 1. The Morgan fingerprint density at radius 3 is 2.77 bits per heavy atom. The van der Waals surface area contributed by atoms with Crippen molar-refractivity contribution < 1.29 is 4.79 Å². The maximum atomic E-state index is 12.3. The minimum Gasteiger partial charge on any atom is -0.321 e. The first kappa shape index (κ1) is 14.5. The van der Waals surface area contributed by atoms with Crippen LogP contribution in [0.25, 0.3) is 11.0 Å². The third kappa shape index (κ3) is 2.67. The zero-order chi connectivity index (χ0) is 15.7. The van der Waals surface area contributed by atoms with E-state index in [9.17, 15) is 4.79 Å². The Morgan fingerprint density at radius 1 is 1.27 bits per heavy atom. The quantitative estimate of drug-likeness (QED) is 0.797. The van der Waals surface area contributed by atoms with Crippen LogP contribution in [0.3, 0.4) is 0 Å². The lowest BCUT2D eigenvalue weighted by atomic mass is 10.2. The molecule has 0 atom stereocenters. The molecule has 2 heterocycles. The first-order chi connectivity index (χ1) is 10.6. The van der Waals surface area contributed by atoms with Crippen molar-refractivity contribution >= 4 is 34.2 Å². The van der Waals surface area contributed by atoms with Crippen LogP contribution in [0, 0.1) is 0 Å². The second kappa shape index (κ2) is 5.77. The van der Waals surface area contributed by atoms with Crippen molar-refractivity contribution in [1.29, 1.82) is 0 Å². The SMILES string of the molecule is CC(C)n1ncc2cc(C(=O)Nc3ccccc3Cl)cnc21. The molecule has 22 heavy (non-hydrogen) atoms. The van der Waals surface area contributed by atoms with Gasteiger partial charge in [-0.3, -0.25) is 4.79 Å². The molecule has 0 aliphatic heterocycles. The lowest BCUT2D eigenvalue weighted by Crippen LogP contribution is -2.12. The monoisotopic (exact) mass is 314 g/mol. The summed E-state index contributed by atoms with van der Waals surface area (Å²) in [4.78, 5) is 16.7. The smallest absolute Gasteiger partial charge is 0.257 e. The molecule has 112 valence electrons. The fourth-order valence-electron chi connectivity index (χ4n) is 2.20. The molecule has 1 aromatic carbocycles. The van der Waals surface area contributed by atoms with Gasteiger partial charge in [-0.1, -0.05) is 23.7 Å². The molecule has 1 N–H and O–H groups in total. The summed E-state index contributed by atoms with van der Waals surface area (Å²) in [5, 5.41) is 8.41. The Kier molecular flexibility index (Phi) is 3.81. The van der Waals surface area contributed by atoms with Gasteiger partial charge in [0.25, 0.3) is 5.91 Å². The summed E-state index contributed by atoms with van der Waals surface area (Å²) >= 11 is 6.05. The molecule has 0 radical (unpaired) electrons. The van der Waals surface area contributed by atoms with Gasteiger partial charge in [-0.15, -0.1) is 0 Å². The van der Waals surface area contributed by atoms with Gasteiger partial charge in [0.2, 0.25) is 0 Å². The van der Waals surface area contributed by atoms with Crippen LogP contribution in [0.15, 0.2) is 42.7 Å². The molecule has 1 amide bonds. The molecule has 3 rings (SSSR count). The van der Waals surface area contributed by atoms with Crippen LogP contribution >= 0.6 is 11.6 Å². The summed E-state index contributed by atoms with van der Waals surface area (Å²) < 4.78 is 1.82. The second-order valence-corrected chi connectivity index (χ2v) is 5.66. The molecule has 6 heteroatoms. The predicted octanol–water partition coefficient (Wildman–Crippen LogP) is 3.92. The van der Waals surface area contributed by atoms with Crippen molar-refractivity contribution in [3.05, 3.63) is 53.3 Å². The Balaban J connectivity index is 1.90. The van der Waals surface area contributed by atoms with Crippen molar-refractivity contribution in [2.45, 2.75) is 19.9 Å². The summed E-state index contributed by atoms with van der Waals surface area (Å²) in [6.45, 7) is 4.07. The standard InChI is InChI=1S/C16H15ClN4O/c1-10(2)21-15-11(9-19-21)7-12(8-18-15)16(22)20-14-6-4-3-5-13(14)17/h3-10H,1-2H3,(H,20,22). The number of aromatic nitrogens is 3. The van der Waals surface area contributed by atoms with Crippen molar-refractivity contribution in [1.82, 2.24) is 14.8 Å². The molecular formula is C16H15ClN4O. The normalized spacial score (nSPS) is 11.1. The number of hydrogen-bond donors (Lipinski definition) is 1. The summed E-state index contributed by atoms with van der Waals surface area (Å²) in [5.41, 5.74) is 1.81. The average molecular weight is 315 g/mol. The van der Waals surface area contributed by atoms with Crippen LogP contribution < -0.4 is 5.32 Å². The summed E-state index contributed by atoms with van der Waals surface area (Å²) in [6.07, 6.45) is 3.27. The highest BCUT2D eigenvalue weighted by atomic mass is 35.5. The van der Waals surface area contributed by atoms with Gasteiger partial charge in [-0.05, 0) is 32.0 Å². The van der Waals surface area contributed by atoms with E-state index < -0.39 is 0 Å². The third-order valence-corrected chi connectivity index (χ3v) is 3.64. The van der Waals surface area contributed by atoms with E-state index in [0.29, 0.717) is 16.3 Å². The van der Waals surface area contributed by atoms with Gasteiger partial charge in [0.15, 0.2) is 5.65 Å². The van der Waals surface area contributed by atoms with Crippen LogP contribution in [0.2, 0.25) is 5.02 Å². The molecule has 0 bridgehead atoms. The number of halogens is 1. The van der Waals surface area contributed by atoms with Gasteiger partial charge in [0.1, 0.15) is 0 Å². The second-order valence-electron chi connectivity index (χ2n) is 5.25. The zero-order valence-corrected chi connectivity index (χ0v) is 13.0. The summed E-state index contributed by atoms with van der Waals surface area (Å²) in [5.74, 6) is -0.250. The van der Waals surface area contributed by atoms with Crippen LogP contribution in [0.5, 0.6) is 0 Å². The predicted molar refractivity (Wildman–Crippen MR) is 87.3 cm³/mol. The number of nitrogens with one attached hydrogen (secondary N) is 1. The van der Waals surface area contributed by atoms with Gasteiger partial charge in [0.05, 0.1) is 22.5 Å². The van der Waals surface area contributed by atoms with E-state index in [-0.39, 0.29) is 11.9 Å². The molecular weight excluding hydrogens is 300 g/mol. The number of carbonyl (C=O) groups is 1. The molecule has 5 nitrogen and oxygen atoms in total. The highest BCUT2D eigenvalue weighted by Gasteiger charge is 2.12. The van der Waals surface area contributed by atoms with Crippen molar-refractivity contribution in [2.75, 3.05) is 5.32 Å². The number of carbonyl (C=O) groups excluding carboxylic acids is 1. The Hall–Kier alpha value is -2.40. The van der Waals surface area contributed by atoms with Gasteiger partial charge in [0, 0.05) is 17.6 Å².